The van der Waals surface area contributed by atoms with Crippen LogP contribution in [-0.4, -0.2) is 28.5 Å². The lowest BCUT2D eigenvalue weighted by atomic mass is 9.99. The molecule has 0 saturated heterocycles. The van der Waals surface area contributed by atoms with Crippen LogP contribution in [0.15, 0.2) is 53.3 Å². The molecule has 0 bridgehead atoms. The van der Waals surface area contributed by atoms with E-state index in [1.165, 1.54) is 10.9 Å². The Bertz CT molecular complexity index is 1040. The van der Waals surface area contributed by atoms with Gasteiger partial charge in [0.05, 0.1) is 0 Å². The number of benzene rings is 1. The lowest BCUT2D eigenvalue weighted by molar-refractivity contribution is -0.121. The monoisotopic (exact) mass is 419 g/mol. The maximum Gasteiger partial charge on any atom is 0.219 e. The highest BCUT2D eigenvalue weighted by Gasteiger charge is 2.27. The molecule has 164 valence electrons. The van der Waals surface area contributed by atoms with Crippen LogP contribution in [0.3, 0.4) is 0 Å². The van der Waals surface area contributed by atoms with E-state index in [0.29, 0.717) is 24.5 Å². The van der Waals surface area contributed by atoms with Crippen molar-refractivity contribution in [2.75, 3.05) is 0 Å². The molecule has 0 aliphatic heterocycles. The van der Waals surface area contributed by atoms with E-state index in [9.17, 15) is 9.59 Å². The number of nitrogens with zero attached hydrogens (tertiary/aromatic N) is 2. The van der Waals surface area contributed by atoms with E-state index in [-0.39, 0.29) is 17.7 Å². The van der Waals surface area contributed by atoms with Gasteiger partial charge < -0.3 is 9.88 Å². The van der Waals surface area contributed by atoms with Gasteiger partial charge in [-0.1, -0.05) is 25.1 Å². The molecule has 5 nitrogen and oxygen atoms in total. The van der Waals surface area contributed by atoms with Gasteiger partial charge in [-0.05, 0) is 68.4 Å². The number of nitrogens with one attached hydrogen (secondary N) is 1. The van der Waals surface area contributed by atoms with Crippen LogP contribution in [0.1, 0.15) is 58.4 Å². The molecule has 31 heavy (non-hydrogen) atoms. The first kappa shape index (κ1) is 22.7. The summed E-state index contributed by atoms with van der Waals surface area (Å²) in [5.74, 6) is 0.463. The van der Waals surface area contributed by atoms with Crippen molar-refractivity contribution >= 4 is 34.4 Å². The second-order valence-electron chi connectivity index (χ2n) is 8.30. The number of aromatic nitrogens is 1. The number of rotatable bonds is 8. The minimum Gasteiger partial charge on any atom is -0.353 e. The molecule has 1 fully saturated rings. The lowest BCUT2D eigenvalue weighted by Crippen LogP contribution is -2.32. The summed E-state index contributed by atoms with van der Waals surface area (Å²) in [5, 5.41) is 4.23. The third-order valence-corrected chi connectivity index (χ3v) is 6.13. The van der Waals surface area contributed by atoms with Gasteiger partial charge >= 0.3 is 0 Å². The summed E-state index contributed by atoms with van der Waals surface area (Å²) in [6, 6.07) is 8.64. The topological polar surface area (TPSA) is 63.5 Å². The minimum absolute atomic E-state index is 0.0696. The Morgan fingerprint density at radius 2 is 2.00 bits per heavy atom. The van der Waals surface area contributed by atoms with Crippen LogP contribution in [0.5, 0.6) is 0 Å². The molecule has 1 aromatic carbocycles. The van der Waals surface area contributed by atoms with Gasteiger partial charge in [0, 0.05) is 49.2 Å². The maximum atomic E-state index is 12.8. The van der Waals surface area contributed by atoms with Crippen LogP contribution in [0, 0.1) is 5.92 Å². The first-order valence-corrected chi connectivity index (χ1v) is 11.2. The Kier molecular flexibility index (Phi) is 7.61. The van der Waals surface area contributed by atoms with Crippen molar-refractivity contribution in [3.05, 3.63) is 53.9 Å². The zero-order valence-electron chi connectivity index (χ0n) is 19.0. The summed E-state index contributed by atoms with van der Waals surface area (Å²) in [5.41, 5.74) is 3.76. The summed E-state index contributed by atoms with van der Waals surface area (Å²) in [7, 11) is 2.04. The highest BCUT2D eigenvalue weighted by molar-refractivity contribution is 6.12. The van der Waals surface area contributed by atoms with Gasteiger partial charge in [-0.2, -0.15) is 0 Å². The SMILES string of the molecule is C\C=C(/N=C/C(=C/C)c1ccc2c(ccn2C)c1)C(=O)C[C@@H]1CC[C@H](NC(=O)CC)C1. The van der Waals surface area contributed by atoms with E-state index in [2.05, 4.69) is 45.3 Å². The Balaban J connectivity index is 1.63. The van der Waals surface area contributed by atoms with Gasteiger partial charge in [-0.3, -0.25) is 14.6 Å². The van der Waals surface area contributed by atoms with E-state index >= 15 is 0 Å². The van der Waals surface area contributed by atoms with Crippen molar-refractivity contribution in [1.29, 1.82) is 0 Å². The number of fused-ring (bicyclic) bond motifs is 1. The van der Waals surface area contributed by atoms with Crippen molar-refractivity contribution in [2.24, 2.45) is 18.0 Å². The van der Waals surface area contributed by atoms with Gasteiger partial charge in [0.15, 0.2) is 5.78 Å². The third kappa shape index (κ3) is 5.60. The number of Topliss-reactive ketones (excluding diaryl/α,β-unsaturated/α-hetero) is 1. The Hall–Kier alpha value is -2.95. The second-order valence-corrected chi connectivity index (χ2v) is 8.30. The maximum absolute atomic E-state index is 12.8. The fourth-order valence-corrected chi connectivity index (χ4v) is 4.31. The van der Waals surface area contributed by atoms with E-state index in [1.54, 1.807) is 12.3 Å². The van der Waals surface area contributed by atoms with Crippen LogP contribution in [0.2, 0.25) is 0 Å². The van der Waals surface area contributed by atoms with Gasteiger partial charge in [-0.25, -0.2) is 0 Å². The molecule has 1 heterocycles. The van der Waals surface area contributed by atoms with Crippen LogP contribution in [0.4, 0.5) is 0 Å². The van der Waals surface area contributed by atoms with Crippen molar-refractivity contribution in [1.82, 2.24) is 9.88 Å². The molecule has 0 radical (unpaired) electrons. The molecular weight excluding hydrogens is 386 g/mol. The molecule has 1 aromatic heterocycles. The van der Waals surface area contributed by atoms with E-state index in [1.807, 2.05) is 33.9 Å². The fourth-order valence-electron chi connectivity index (χ4n) is 4.31. The standard InChI is InChI=1S/C26H33N3O2/c1-5-19(20-9-11-24-21(16-20)12-13-29(24)4)17-27-23(6-2)25(30)15-18-8-10-22(14-18)28-26(31)7-3/h5-6,9,11-13,16-18,22H,7-8,10,14-15H2,1-4H3,(H,28,31)/b19-5-,23-6-,27-17+/t18-,22+/m1/s1. The lowest BCUT2D eigenvalue weighted by Gasteiger charge is -2.12. The molecule has 5 heteroatoms. The molecule has 0 spiro atoms. The van der Waals surface area contributed by atoms with Crippen LogP contribution in [-0.2, 0) is 16.6 Å². The molecule has 3 rings (SSSR count). The number of aryl methyl sites for hydroxylation is 1. The average molecular weight is 420 g/mol. The van der Waals surface area contributed by atoms with Crippen LogP contribution in [0.25, 0.3) is 16.5 Å². The molecule has 1 aliphatic rings. The molecule has 1 saturated carbocycles. The largest absolute Gasteiger partial charge is 0.353 e. The molecule has 2 aromatic rings. The summed E-state index contributed by atoms with van der Waals surface area (Å²) in [6.07, 6.45) is 11.4. The number of hydrogen-bond donors (Lipinski definition) is 1. The van der Waals surface area contributed by atoms with E-state index < -0.39 is 0 Å². The van der Waals surface area contributed by atoms with E-state index in [0.717, 1.165) is 30.4 Å². The highest BCUT2D eigenvalue weighted by atomic mass is 16.1. The van der Waals surface area contributed by atoms with Crippen molar-refractivity contribution in [3.63, 3.8) is 0 Å². The number of amides is 1. The Labute approximate surface area is 184 Å². The average Bonchev–Trinajstić information content (AvgIpc) is 3.37. The quantitative estimate of drug-likeness (QED) is 0.471. The molecule has 2 atom stereocenters. The second kappa shape index (κ2) is 10.4. The van der Waals surface area contributed by atoms with Crippen LogP contribution >= 0.6 is 0 Å². The number of carbonyl (C=O) groups is 2. The van der Waals surface area contributed by atoms with Crippen molar-refractivity contribution in [3.8, 4) is 0 Å². The Morgan fingerprint density at radius 1 is 1.19 bits per heavy atom. The van der Waals surface area contributed by atoms with Crippen LogP contribution < -0.4 is 5.32 Å². The smallest absolute Gasteiger partial charge is 0.219 e. The predicted octanol–water partition coefficient (Wildman–Crippen LogP) is 5.21. The molecule has 0 unspecified atom stereocenters. The van der Waals surface area contributed by atoms with Gasteiger partial charge in [0.25, 0.3) is 0 Å². The third-order valence-electron chi connectivity index (χ3n) is 6.13. The summed E-state index contributed by atoms with van der Waals surface area (Å²) < 4.78 is 2.10. The zero-order chi connectivity index (χ0) is 22.4. The summed E-state index contributed by atoms with van der Waals surface area (Å²) in [4.78, 5) is 29.0. The van der Waals surface area contributed by atoms with Crippen molar-refractivity contribution < 1.29 is 9.59 Å². The zero-order valence-corrected chi connectivity index (χ0v) is 19.0. The number of allylic oxidation sites excluding steroid dienone is 4. The van der Waals surface area contributed by atoms with E-state index in [4.69, 9.17) is 0 Å². The van der Waals surface area contributed by atoms with Gasteiger partial charge in [0.2, 0.25) is 5.91 Å². The first-order chi connectivity index (χ1) is 14.9. The summed E-state index contributed by atoms with van der Waals surface area (Å²) in [6.45, 7) is 5.70. The number of aliphatic imine (C=N–C) groups is 1. The Morgan fingerprint density at radius 3 is 2.71 bits per heavy atom. The number of carbonyl (C=O) groups excluding carboxylic acids is 2. The molecule has 1 N–H and O–H groups in total. The normalized spacial score (nSPS) is 20.0. The van der Waals surface area contributed by atoms with Gasteiger partial charge in [0.1, 0.15) is 5.70 Å². The highest BCUT2D eigenvalue weighted by Crippen LogP contribution is 2.29. The predicted molar refractivity (Wildman–Crippen MR) is 128 cm³/mol. The number of hydrogen-bond acceptors (Lipinski definition) is 3. The van der Waals surface area contributed by atoms with Crippen molar-refractivity contribution in [2.45, 2.75) is 58.9 Å². The summed E-state index contributed by atoms with van der Waals surface area (Å²) >= 11 is 0. The minimum atomic E-state index is 0.0696. The molecule has 1 aliphatic carbocycles. The number of ketones is 1. The molecular formula is C26H33N3O2. The first-order valence-electron chi connectivity index (χ1n) is 11.2. The molecule has 1 amide bonds. The fraction of sp³-hybridized carbons (Fsp3) is 0.423. The van der Waals surface area contributed by atoms with Gasteiger partial charge in [-0.15, -0.1) is 0 Å².